The van der Waals surface area contributed by atoms with Crippen LogP contribution in [-0.4, -0.2) is 20.4 Å². The summed E-state index contributed by atoms with van der Waals surface area (Å²) < 4.78 is 2.43. The monoisotopic (exact) mass is 338 g/mol. The Morgan fingerprint density at radius 1 is 1.47 bits per heavy atom. The van der Waals surface area contributed by atoms with Crippen LogP contribution in [0.4, 0.5) is 5.69 Å². The number of carbonyl (C=O) groups is 1. The molecule has 0 unspecified atom stereocenters. The van der Waals surface area contributed by atoms with Gasteiger partial charge >= 0.3 is 0 Å². The number of amides is 1. The van der Waals surface area contributed by atoms with Crippen LogP contribution >= 0.6 is 28.1 Å². The van der Waals surface area contributed by atoms with Gasteiger partial charge in [-0.3, -0.25) is 4.79 Å². The molecule has 0 aliphatic heterocycles. The Morgan fingerprint density at radius 3 is 2.89 bits per heavy atom. The van der Waals surface area contributed by atoms with E-state index in [1.165, 1.54) is 0 Å². The molecule has 1 amide bonds. The lowest BCUT2D eigenvalue weighted by molar-refractivity contribution is -0.116. The SMILES string of the molecule is NC(=S)c1nccn1CC(=O)Nc1ccccc1Br. The van der Waals surface area contributed by atoms with Crippen molar-refractivity contribution in [2.75, 3.05) is 5.32 Å². The predicted octanol–water partition coefficient (Wildman–Crippen LogP) is 1.92. The lowest BCUT2D eigenvalue weighted by atomic mass is 10.3. The molecule has 7 heteroatoms. The maximum atomic E-state index is 11.9. The molecule has 98 valence electrons. The molecule has 3 N–H and O–H groups in total. The third-order valence-electron chi connectivity index (χ3n) is 2.40. The number of hydrogen-bond acceptors (Lipinski definition) is 3. The zero-order valence-corrected chi connectivity index (χ0v) is 12.2. The van der Waals surface area contributed by atoms with Gasteiger partial charge in [0.1, 0.15) is 11.5 Å². The molecule has 0 atom stereocenters. The molecule has 1 heterocycles. The van der Waals surface area contributed by atoms with E-state index in [0.29, 0.717) is 11.5 Å². The highest BCUT2D eigenvalue weighted by Crippen LogP contribution is 2.21. The molecule has 5 nitrogen and oxygen atoms in total. The van der Waals surface area contributed by atoms with Crippen molar-refractivity contribution in [3.8, 4) is 0 Å². The minimum absolute atomic E-state index is 0.105. The summed E-state index contributed by atoms with van der Waals surface area (Å²) in [4.78, 5) is 16.1. The fourth-order valence-corrected chi connectivity index (χ4v) is 2.12. The summed E-state index contributed by atoms with van der Waals surface area (Å²) in [5.41, 5.74) is 6.23. The van der Waals surface area contributed by atoms with Crippen LogP contribution in [-0.2, 0) is 11.3 Å². The molecule has 0 fully saturated rings. The van der Waals surface area contributed by atoms with Crippen molar-refractivity contribution in [2.45, 2.75) is 6.54 Å². The summed E-state index contributed by atoms with van der Waals surface area (Å²) in [5, 5.41) is 2.80. The van der Waals surface area contributed by atoms with Crippen molar-refractivity contribution in [1.82, 2.24) is 9.55 Å². The van der Waals surface area contributed by atoms with Crippen LogP contribution in [0.2, 0.25) is 0 Å². The highest BCUT2D eigenvalue weighted by Gasteiger charge is 2.10. The molecule has 0 radical (unpaired) electrons. The van der Waals surface area contributed by atoms with E-state index in [1.54, 1.807) is 17.0 Å². The maximum absolute atomic E-state index is 11.9. The number of nitrogens with zero attached hydrogens (tertiary/aromatic N) is 2. The number of rotatable bonds is 4. The minimum atomic E-state index is -0.178. The average molecular weight is 339 g/mol. The van der Waals surface area contributed by atoms with Gasteiger partial charge in [-0.2, -0.15) is 0 Å². The van der Waals surface area contributed by atoms with Gasteiger partial charge in [0.05, 0.1) is 5.69 Å². The number of nitrogens with two attached hydrogens (primary N) is 1. The third kappa shape index (κ3) is 3.39. The van der Waals surface area contributed by atoms with E-state index < -0.39 is 0 Å². The number of anilines is 1. The number of carbonyl (C=O) groups excluding carboxylic acids is 1. The molecule has 0 saturated heterocycles. The van der Waals surface area contributed by atoms with Crippen LogP contribution in [0.15, 0.2) is 41.1 Å². The molecule has 2 aromatic rings. The first-order valence-corrected chi connectivity index (χ1v) is 6.63. The molecule has 0 aliphatic carbocycles. The number of para-hydroxylation sites is 1. The predicted molar refractivity (Wildman–Crippen MR) is 80.9 cm³/mol. The Bertz CT molecular complexity index is 626. The summed E-state index contributed by atoms with van der Waals surface area (Å²) in [6.07, 6.45) is 3.22. The van der Waals surface area contributed by atoms with Gasteiger partial charge in [-0.25, -0.2) is 4.98 Å². The van der Waals surface area contributed by atoms with Crippen LogP contribution in [0, 0.1) is 0 Å². The minimum Gasteiger partial charge on any atom is -0.387 e. The number of benzene rings is 1. The van der Waals surface area contributed by atoms with Gasteiger partial charge in [0.2, 0.25) is 5.91 Å². The van der Waals surface area contributed by atoms with E-state index in [1.807, 2.05) is 24.3 Å². The Hall–Kier alpha value is -1.73. The number of nitrogens with one attached hydrogen (secondary N) is 1. The molecule has 0 aliphatic rings. The normalized spacial score (nSPS) is 10.2. The molecule has 1 aromatic carbocycles. The van der Waals surface area contributed by atoms with Crippen molar-refractivity contribution in [1.29, 1.82) is 0 Å². The maximum Gasteiger partial charge on any atom is 0.244 e. The molecule has 2 rings (SSSR count). The summed E-state index contributed by atoms with van der Waals surface area (Å²) in [7, 11) is 0. The van der Waals surface area contributed by atoms with Crippen LogP contribution < -0.4 is 11.1 Å². The van der Waals surface area contributed by atoms with Crippen molar-refractivity contribution in [3.05, 3.63) is 47.0 Å². The van der Waals surface area contributed by atoms with Gasteiger partial charge in [0, 0.05) is 16.9 Å². The fraction of sp³-hybridized carbons (Fsp3) is 0.0833. The zero-order chi connectivity index (χ0) is 13.8. The van der Waals surface area contributed by atoms with Gasteiger partial charge < -0.3 is 15.6 Å². The van der Waals surface area contributed by atoms with E-state index in [4.69, 9.17) is 18.0 Å². The Balaban J connectivity index is 2.08. The van der Waals surface area contributed by atoms with Crippen LogP contribution in [0.3, 0.4) is 0 Å². The molecular weight excluding hydrogens is 328 g/mol. The van der Waals surface area contributed by atoms with Gasteiger partial charge in [0.25, 0.3) is 0 Å². The average Bonchev–Trinajstić information content (AvgIpc) is 2.80. The third-order valence-corrected chi connectivity index (χ3v) is 3.27. The lowest BCUT2D eigenvalue weighted by Gasteiger charge is -2.09. The highest BCUT2D eigenvalue weighted by molar-refractivity contribution is 9.10. The topological polar surface area (TPSA) is 72.9 Å². The zero-order valence-electron chi connectivity index (χ0n) is 9.84. The van der Waals surface area contributed by atoms with E-state index in [2.05, 4.69) is 26.2 Å². The molecular formula is C12H11BrN4OS. The van der Waals surface area contributed by atoms with Crippen molar-refractivity contribution < 1.29 is 4.79 Å². The largest absolute Gasteiger partial charge is 0.387 e. The first-order valence-electron chi connectivity index (χ1n) is 5.43. The van der Waals surface area contributed by atoms with E-state index >= 15 is 0 Å². The second-order valence-electron chi connectivity index (χ2n) is 3.77. The second kappa shape index (κ2) is 5.94. The van der Waals surface area contributed by atoms with Crippen molar-refractivity contribution in [3.63, 3.8) is 0 Å². The lowest BCUT2D eigenvalue weighted by Crippen LogP contribution is -2.23. The molecule has 0 saturated carbocycles. The molecule has 0 bridgehead atoms. The number of halogens is 1. The summed E-state index contributed by atoms with van der Waals surface area (Å²) in [6, 6.07) is 7.39. The van der Waals surface area contributed by atoms with Crippen molar-refractivity contribution in [2.24, 2.45) is 5.73 Å². The number of imidazole rings is 1. The number of aromatic nitrogens is 2. The Morgan fingerprint density at radius 2 is 2.21 bits per heavy atom. The Kier molecular flexibility index (Phi) is 4.28. The summed E-state index contributed by atoms with van der Waals surface area (Å²) in [5.74, 6) is 0.250. The second-order valence-corrected chi connectivity index (χ2v) is 5.07. The highest BCUT2D eigenvalue weighted by atomic mass is 79.9. The quantitative estimate of drug-likeness (QED) is 0.835. The van der Waals surface area contributed by atoms with Crippen LogP contribution in [0.1, 0.15) is 5.82 Å². The number of thiocarbonyl (C=S) groups is 1. The smallest absolute Gasteiger partial charge is 0.244 e. The van der Waals surface area contributed by atoms with Crippen molar-refractivity contribution >= 4 is 44.7 Å². The first-order chi connectivity index (χ1) is 9.08. The Labute approximate surface area is 123 Å². The van der Waals surface area contributed by atoms with Gasteiger partial charge in [0.15, 0.2) is 5.82 Å². The molecule has 0 spiro atoms. The molecule has 1 aromatic heterocycles. The first kappa shape index (κ1) is 13.7. The van der Waals surface area contributed by atoms with E-state index in [9.17, 15) is 4.79 Å². The van der Waals surface area contributed by atoms with E-state index in [-0.39, 0.29) is 17.4 Å². The van der Waals surface area contributed by atoms with Gasteiger partial charge in [-0.15, -0.1) is 0 Å². The summed E-state index contributed by atoms with van der Waals surface area (Å²) in [6.45, 7) is 0.105. The van der Waals surface area contributed by atoms with Crippen LogP contribution in [0.25, 0.3) is 0 Å². The molecule has 19 heavy (non-hydrogen) atoms. The van der Waals surface area contributed by atoms with E-state index in [0.717, 1.165) is 4.47 Å². The van der Waals surface area contributed by atoms with Crippen LogP contribution in [0.5, 0.6) is 0 Å². The summed E-state index contributed by atoms with van der Waals surface area (Å²) >= 11 is 8.23. The number of hydrogen-bond donors (Lipinski definition) is 2. The standard InChI is InChI=1S/C12H11BrN4OS/c13-8-3-1-2-4-9(8)16-10(18)7-17-6-5-15-12(17)11(14)19/h1-6H,7H2,(H2,14,19)(H,16,18). The fourth-order valence-electron chi connectivity index (χ4n) is 1.57. The van der Waals surface area contributed by atoms with Gasteiger partial charge in [-0.1, -0.05) is 24.4 Å². The van der Waals surface area contributed by atoms with Gasteiger partial charge in [-0.05, 0) is 28.1 Å².